The van der Waals surface area contributed by atoms with Crippen LogP contribution in [0.1, 0.15) is 43.0 Å². The first-order chi connectivity index (χ1) is 10.2. The number of benzene rings is 1. The van der Waals surface area contributed by atoms with Crippen LogP contribution in [0.3, 0.4) is 0 Å². The largest absolute Gasteiger partial charge is 0.462 e. The smallest absolute Gasteiger partial charge is 0.340 e. The first kappa shape index (κ1) is 14.1. The topological polar surface area (TPSA) is 55.4 Å². The second-order valence-electron chi connectivity index (χ2n) is 6.04. The number of anilines is 1. The lowest BCUT2D eigenvalue weighted by molar-refractivity contribution is -0.121. The zero-order valence-corrected chi connectivity index (χ0v) is 12.3. The van der Waals surface area contributed by atoms with Crippen molar-refractivity contribution in [2.45, 2.75) is 32.6 Å². The molecule has 0 radical (unpaired) electrons. The monoisotopic (exact) mass is 287 g/mol. The number of hydrogen-bond acceptors (Lipinski definition) is 3. The number of carbonyl (C=O) groups is 2. The van der Waals surface area contributed by atoms with Gasteiger partial charge in [0.05, 0.1) is 17.9 Å². The molecule has 1 amide bonds. The van der Waals surface area contributed by atoms with E-state index in [4.69, 9.17) is 4.74 Å². The second-order valence-corrected chi connectivity index (χ2v) is 6.04. The Balaban J connectivity index is 1.73. The van der Waals surface area contributed by atoms with Gasteiger partial charge in [-0.1, -0.05) is 18.6 Å². The standard InChI is InChI=1S/C17H21NO3/c1-2-21-17(20)13-5-3-4-6-15(13)18-16(19)14-10-11-7-8-12(14)9-11/h3-6,11-12,14H,2,7-10H2,1H3,(H,18,19)/t11-,12-,14-/m1/s1. The molecule has 4 heteroatoms. The van der Waals surface area contributed by atoms with Gasteiger partial charge in [0.2, 0.25) is 5.91 Å². The van der Waals surface area contributed by atoms with Crippen LogP contribution in [0.25, 0.3) is 0 Å². The quantitative estimate of drug-likeness (QED) is 0.865. The van der Waals surface area contributed by atoms with Gasteiger partial charge < -0.3 is 10.1 Å². The molecule has 0 heterocycles. The third-order valence-corrected chi connectivity index (χ3v) is 4.76. The molecule has 2 saturated carbocycles. The summed E-state index contributed by atoms with van der Waals surface area (Å²) in [6, 6.07) is 7.05. The highest BCUT2D eigenvalue weighted by Crippen LogP contribution is 2.48. The lowest BCUT2D eigenvalue weighted by atomic mass is 9.88. The summed E-state index contributed by atoms with van der Waals surface area (Å²) in [6.45, 7) is 2.10. The van der Waals surface area contributed by atoms with E-state index in [1.54, 1.807) is 25.1 Å². The van der Waals surface area contributed by atoms with Crippen molar-refractivity contribution in [2.75, 3.05) is 11.9 Å². The van der Waals surface area contributed by atoms with Crippen molar-refractivity contribution < 1.29 is 14.3 Å². The molecule has 21 heavy (non-hydrogen) atoms. The fourth-order valence-electron chi connectivity index (χ4n) is 3.77. The summed E-state index contributed by atoms with van der Waals surface area (Å²) < 4.78 is 5.03. The van der Waals surface area contributed by atoms with E-state index >= 15 is 0 Å². The van der Waals surface area contributed by atoms with Gasteiger partial charge in [-0.15, -0.1) is 0 Å². The maximum Gasteiger partial charge on any atom is 0.340 e. The third-order valence-electron chi connectivity index (χ3n) is 4.76. The molecule has 1 aromatic carbocycles. The minimum atomic E-state index is -0.388. The highest BCUT2D eigenvalue weighted by atomic mass is 16.5. The average Bonchev–Trinajstić information content (AvgIpc) is 3.10. The summed E-state index contributed by atoms with van der Waals surface area (Å²) in [7, 11) is 0. The van der Waals surface area contributed by atoms with E-state index in [1.807, 2.05) is 6.07 Å². The summed E-state index contributed by atoms with van der Waals surface area (Å²) in [5.41, 5.74) is 0.986. The Hall–Kier alpha value is -1.84. The molecule has 3 rings (SSSR count). The second kappa shape index (κ2) is 5.88. The van der Waals surface area contributed by atoms with E-state index in [0.29, 0.717) is 23.8 Å². The van der Waals surface area contributed by atoms with Crippen LogP contribution >= 0.6 is 0 Å². The molecule has 1 N–H and O–H groups in total. The molecule has 0 aromatic heterocycles. The highest BCUT2D eigenvalue weighted by molar-refractivity contribution is 6.02. The van der Waals surface area contributed by atoms with Crippen LogP contribution < -0.4 is 5.32 Å². The molecule has 3 atom stereocenters. The first-order valence-corrected chi connectivity index (χ1v) is 7.76. The predicted molar refractivity (Wildman–Crippen MR) is 80.0 cm³/mol. The SMILES string of the molecule is CCOC(=O)c1ccccc1NC(=O)[C@@H]1C[C@@H]2CC[C@@H]1C2. The Morgan fingerprint density at radius 3 is 2.71 bits per heavy atom. The van der Waals surface area contributed by atoms with E-state index in [0.717, 1.165) is 12.3 Å². The molecule has 0 spiro atoms. The van der Waals surface area contributed by atoms with E-state index < -0.39 is 0 Å². The van der Waals surface area contributed by atoms with E-state index in [2.05, 4.69) is 5.32 Å². The van der Waals surface area contributed by atoms with Gasteiger partial charge in [-0.25, -0.2) is 4.79 Å². The number of amides is 1. The van der Waals surface area contributed by atoms with Crippen LogP contribution in [0.5, 0.6) is 0 Å². The summed E-state index contributed by atoms with van der Waals surface area (Å²) in [4.78, 5) is 24.4. The number of nitrogens with one attached hydrogen (secondary N) is 1. The van der Waals surface area contributed by atoms with Crippen LogP contribution in [-0.4, -0.2) is 18.5 Å². The molecule has 2 aliphatic carbocycles. The molecule has 2 fully saturated rings. The van der Waals surface area contributed by atoms with Crippen LogP contribution in [0.4, 0.5) is 5.69 Å². The van der Waals surface area contributed by atoms with Crippen LogP contribution in [0.2, 0.25) is 0 Å². The van der Waals surface area contributed by atoms with Gasteiger partial charge in [0.15, 0.2) is 0 Å². The van der Waals surface area contributed by atoms with Crippen molar-refractivity contribution in [3.8, 4) is 0 Å². The van der Waals surface area contributed by atoms with E-state index in [9.17, 15) is 9.59 Å². The summed E-state index contributed by atoms with van der Waals surface area (Å²) >= 11 is 0. The molecule has 4 nitrogen and oxygen atoms in total. The van der Waals surface area contributed by atoms with Gasteiger partial charge in [-0.05, 0) is 50.2 Å². The molecular weight excluding hydrogens is 266 g/mol. The number of para-hydroxylation sites is 1. The number of fused-ring (bicyclic) bond motifs is 2. The molecule has 0 unspecified atom stereocenters. The van der Waals surface area contributed by atoms with Crippen molar-refractivity contribution in [2.24, 2.45) is 17.8 Å². The Morgan fingerprint density at radius 1 is 1.24 bits per heavy atom. The van der Waals surface area contributed by atoms with Crippen molar-refractivity contribution in [1.82, 2.24) is 0 Å². The van der Waals surface area contributed by atoms with Crippen molar-refractivity contribution in [3.05, 3.63) is 29.8 Å². The molecule has 112 valence electrons. The number of carbonyl (C=O) groups excluding carboxylic acids is 2. The van der Waals surface area contributed by atoms with Gasteiger partial charge in [0, 0.05) is 5.92 Å². The lowest BCUT2D eigenvalue weighted by Crippen LogP contribution is -2.28. The lowest BCUT2D eigenvalue weighted by Gasteiger charge is -2.21. The minimum absolute atomic E-state index is 0.0546. The predicted octanol–water partition coefficient (Wildman–Crippen LogP) is 3.24. The summed E-state index contributed by atoms with van der Waals surface area (Å²) in [6.07, 6.45) is 4.63. The first-order valence-electron chi connectivity index (χ1n) is 7.76. The fourth-order valence-corrected chi connectivity index (χ4v) is 3.77. The fraction of sp³-hybridized carbons (Fsp3) is 0.529. The molecule has 1 aromatic rings. The molecule has 2 bridgehead atoms. The van der Waals surface area contributed by atoms with Crippen molar-refractivity contribution in [3.63, 3.8) is 0 Å². The van der Waals surface area contributed by atoms with Crippen LogP contribution in [0, 0.1) is 17.8 Å². The molecule has 0 aliphatic heterocycles. The van der Waals surface area contributed by atoms with Crippen LogP contribution in [0.15, 0.2) is 24.3 Å². The van der Waals surface area contributed by atoms with E-state index in [1.165, 1.54) is 19.3 Å². The average molecular weight is 287 g/mol. The van der Waals surface area contributed by atoms with Crippen molar-refractivity contribution >= 4 is 17.6 Å². The maximum absolute atomic E-state index is 12.5. The highest BCUT2D eigenvalue weighted by Gasteiger charge is 2.43. The molecule has 0 saturated heterocycles. The number of ether oxygens (including phenoxy) is 1. The van der Waals surface area contributed by atoms with Gasteiger partial charge >= 0.3 is 5.97 Å². The zero-order chi connectivity index (χ0) is 14.8. The third kappa shape index (κ3) is 2.80. The zero-order valence-electron chi connectivity index (χ0n) is 12.3. The Labute approximate surface area is 124 Å². The molecular formula is C17H21NO3. The van der Waals surface area contributed by atoms with Gasteiger partial charge in [0.25, 0.3) is 0 Å². The van der Waals surface area contributed by atoms with Gasteiger partial charge in [-0.3, -0.25) is 4.79 Å². The van der Waals surface area contributed by atoms with E-state index in [-0.39, 0.29) is 17.8 Å². The number of hydrogen-bond donors (Lipinski definition) is 1. The van der Waals surface area contributed by atoms with Gasteiger partial charge in [-0.2, -0.15) is 0 Å². The Bertz CT molecular complexity index is 555. The number of rotatable bonds is 4. The minimum Gasteiger partial charge on any atom is -0.462 e. The summed E-state index contributed by atoms with van der Waals surface area (Å²) in [5, 5.41) is 2.94. The Morgan fingerprint density at radius 2 is 2.05 bits per heavy atom. The van der Waals surface area contributed by atoms with Gasteiger partial charge in [0.1, 0.15) is 0 Å². The number of esters is 1. The molecule has 2 aliphatic rings. The van der Waals surface area contributed by atoms with Crippen molar-refractivity contribution in [1.29, 1.82) is 0 Å². The Kier molecular flexibility index (Phi) is 3.95. The normalized spacial score (nSPS) is 26.6. The van der Waals surface area contributed by atoms with Crippen LogP contribution in [-0.2, 0) is 9.53 Å². The maximum atomic E-state index is 12.5. The summed E-state index contributed by atoms with van der Waals surface area (Å²) in [5.74, 6) is 1.04.